The average molecular weight is 390 g/mol. The van der Waals surface area contributed by atoms with Crippen LogP contribution in [0.1, 0.15) is 6.92 Å². The van der Waals surface area contributed by atoms with Crippen molar-refractivity contribution in [1.29, 1.82) is 0 Å². The Labute approximate surface area is 165 Å². The van der Waals surface area contributed by atoms with E-state index in [2.05, 4.69) is 31.7 Å². The molecule has 28 heavy (non-hydrogen) atoms. The number of nitrogens with zero attached hydrogens (tertiary/aromatic N) is 3. The van der Waals surface area contributed by atoms with Crippen molar-refractivity contribution in [3.8, 4) is 22.3 Å². The molecule has 0 unspecified atom stereocenters. The molecule has 4 aromatic rings. The normalized spacial score (nSPS) is 10.8. The number of carbonyl (C=O) groups is 1. The van der Waals surface area contributed by atoms with E-state index < -0.39 is 0 Å². The van der Waals surface area contributed by atoms with E-state index in [0.717, 1.165) is 32.5 Å². The number of nitrogen functional groups attached to an aromatic ring is 1. The summed E-state index contributed by atoms with van der Waals surface area (Å²) in [4.78, 5) is 24.9. The number of hydrogen-bond acceptors (Lipinski definition) is 6. The molecule has 0 aliphatic carbocycles. The first kappa shape index (κ1) is 17.9. The fraction of sp³-hybridized carbons (Fsp3) is 0.100. The number of fused-ring (bicyclic) bond motifs is 1. The van der Waals surface area contributed by atoms with Crippen molar-refractivity contribution in [2.45, 2.75) is 6.92 Å². The summed E-state index contributed by atoms with van der Waals surface area (Å²) in [6.07, 6.45) is 6.94. The third-order valence-corrected chi connectivity index (χ3v) is 5.21. The van der Waals surface area contributed by atoms with Gasteiger partial charge in [0.2, 0.25) is 0 Å². The van der Waals surface area contributed by atoms with Crippen molar-refractivity contribution < 1.29 is 4.79 Å². The third-order valence-electron chi connectivity index (χ3n) is 4.19. The van der Waals surface area contributed by atoms with Gasteiger partial charge in [0.15, 0.2) is 5.13 Å². The lowest BCUT2D eigenvalue weighted by Crippen LogP contribution is -2.28. The Balaban J connectivity index is 1.89. The molecule has 0 aliphatic rings. The highest BCUT2D eigenvalue weighted by Crippen LogP contribution is 2.39. The monoisotopic (exact) mass is 390 g/mol. The quantitative estimate of drug-likeness (QED) is 0.485. The second-order valence-electron chi connectivity index (χ2n) is 6.08. The van der Waals surface area contributed by atoms with E-state index in [1.165, 1.54) is 11.3 Å². The van der Waals surface area contributed by atoms with Gasteiger partial charge in [-0.05, 0) is 36.8 Å². The SMILES string of the molecule is CCNC(=O)Nc1nc2cc(-c3cnccc3N)cc(-c3cccnc3)c2s1. The Hall–Kier alpha value is -3.52. The molecular weight excluding hydrogens is 372 g/mol. The summed E-state index contributed by atoms with van der Waals surface area (Å²) in [6, 6.07) is 9.40. The summed E-state index contributed by atoms with van der Waals surface area (Å²) >= 11 is 1.42. The molecule has 4 rings (SSSR count). The van der Waals surface area contributed by atoms with Crippen LogP contribution < -0.4 is 16.4 Å². The second kappa shape index (κ2) is 7.61. The number of nitrogens with one attached hydrogen (secondary N) is 2. The number of carbonyl (C=O) groups excluding carboxylic acids is 1. The van der Waals surface area contributed by atoms with Crippen molar-refractivity contribution in [2.24, 2.45) is 0 Å². The van der Waals surface area contributed by atoms with Crippen molar-refractivity contribution in [1.82, 2.24) is 20.3 Å². The van der Waals surface area contributed by atoms with Crippen LogP contribution in [0.4, 0.5) is 15.6 Å². The fourth-order valence-corrected chi connectivity index (χ4v) is 3.90. The topological polar surface area (TPSA) is 106 Å². The number of hydrogen-bond donors (Lipinski definition) is 3. The molecule has 0 radical (unpaired) electrons. The van der Waals surface area contributed by atoms with Crippen molar-refractivity contribution in [2.75, 3.05) is 17.6 Å². The first-order valence-electron chi connectivity index (χ1n) is 8.75. The molecule has 0 spiro atoms. The minimum absolute atomic E-state index is 0.277. The van der Waals surface area contributed by atoms with Gasteiger partial charge in [0.25, 0.3) is 0 Å². The van der Waals surface area contributed by atoms with E-state index in [-0.39, 0.29) is 6.03 Å². The molecule has 0 fully saturated rings. The average Bonchev–Trinajstić information content (AvgIpc) is 3.10. The van der Waals surface area contributed by atoms with Gasteiger partial charge < -0.3 is 11.1 Å². The van der Waals surface area contributed by atoms with Crippen LogP contribution >= 0.6 is 11.3 Å². The zero-order valence-electron chi connectivity index (χ0n) is 15.1. The van der Waals surface area contributed by atoms with Crippen molar-refractivity contribution in [3.63, 3.8) is 0 Å². The third kappa shape index (κ3) is 3.49. The summed E-state index contributed by atoms with van der Waals surface area (Å²) < 4.78 is 0.964. The number of rotatable bonds is 4. The van der Waals surface area contributed by atoms with Gasteiger partial charge >= 0.3 is 6.03 Å². The number of aromatic nitrogens is 3. The Morgan fingerprint density at radius 2 is 1.96 bits per heavy atom. The molecule has 0 bridgehead atoms. The van der Waals surface area contributed by atoms with E-state index in [1.54, 1.807) is 24.7 Å². The molecule has 2 amide bonds. The number of amides is 2. The lowest BCUT2D eigenvalue weighted by Gasteiger charge is -2.09. The molecule has 1 aromatic carbocycles. The van der Waals surface area contributed by atoms with Crippen LogP contribution in [0, 0.1) is 0 Å². The number of pyridine rings is 2. The van der Waals surface area contributed by atoms with E-state index >= 15 is 0 Å². The van der Waals surface area contributed by atoms with Crippen molar-refractivity contribution >= 4 is 38.4 Å². The highest BCUT2D eigenvalue weighted by molar-refractivity contribution is 7.22. The maximum atomic E-state index is 11.9. The first-order valence-corrected chi connectivity index (χ1v) is 9.57. The van der Waals surface area contributed by atoms with Gasteiger partial charge in [-0.2, -0.15) is 0 Å². The molecule has 0 saturated carbocycles. The molecule has 0 saturated heterocycles. The summed E-state index contributed by atoms with van der Waals surface area (Å²) in [5.74, 6) is 0. The molecular formula is C20H18N6OS. The lowest BCUT2D eigenvalue weighted by atomic mass is 9.99. The Kier molecular flexibility index (Phi) is 4.86. The predicted molar refractivity (Wildman–Crippen MR) is 113 cm³/mol. The summed E-state index contributed by atoms with van der Waals surface area (Å²) in [5, 5.41) is 6.03. The van der Waals surface area contributed by atoms with Crippen molar-refractivity contribution in [3.05, 3.63) is 55.1 Å². The number of urea groups is 1. The largest absolute Gasteiger partial charge is 0.398 e. The van der Waals surface area contributed by atoms with Gasteiger partial charge in [0.1, 0.15) is 0 Å². The molecule has 0 aliphatic heterocycles. The number of anilines is 2. The Bertz CT molecular complexity index is 1140. The van der Waals surface area contributed by atoms with Crippen LogP contribution in [0.25, 0.3) is 32.5 Å². The second-order valence-corrected chi connectivity index (χ2v) is 7.08. The smallest absolute Gasteiger partial charge is 0.321 e. The maximum Gasteiger partial charge on any atom is 0.321 e. The standard InChI is InChI=1S/C20H18N6OS/c1-2-24-19(27)26-20-25-17-9-13(15-11-23-7-5-16(15)21)8-14(18(17)28-20)12-4-3-6-22-10-12/h3-11H,2H2,1H3,(H2,21,23)(H2,24,25,26,27). The Morgan fingerprint density at radius 1 is 1.11 bits per heavy atom. The van der Waals surface area contributed by atoms with Crippen LogP contribution in [-0.2, 0) is 0 Å². The van der Waals surface area contributed by atoms with Gasteiger partial charge in [-0.3, -0.25) is 15.3 Å². The molecule has 7 nitrogen and oxygen atoms in total. The van der Waals surface area contributed by atoms with Crippen LogP contribution in [0.5, 0.6) is 0 Å². The lowest BCUT2D eigenvalue weighted by molar-refractivity contribution is 0.252. The molecule has 8 heteroatoms. The summed E-state index contributed by atoms with van der Waals surface area (Å²) in [6.45, 7) is 2.41. The van der Waals surface area contributed by atoms with Crippen LogP contribution in [0.3, 0.4) is 0 Å². The Morgan fingerprint density at radius 3 is 2.71 bits per heavy atom. The van der Waals surface area contributed by atoms with Gasteiger partial charge in [-0.15, -0.1) is 0 Å². The molecule has 3 heterocycles. The maximum absolute atomic E-state index is 11.9. The number of benzene rings is 1. The van der Waals surface area contributed by atoms with Gasteiger partial charge in [0.05, 0.1) is 10.2 Å². The minimum Gasteiger partial charge on any atom is -0.398 e. The van der Waals surface area contributed by atoms with E-state index in [9.17, 15) is 4.79 Å². The van der Waals surface area contributed by atoms with Crippen LogP contribution in [0.2, 0.25) is 0 Å². The number of thiazole rings is 1. The first-order chi connectivity index (χ1) is 13.7. The van der Waals surface area contributed by atoms with E-state index in [0.29, 0.717) is 17.4 Å². The van der Waals surface area contributed by atoms with E-state index in [4.69, 9.17) is 5.73 Å². The highest BCUT2D eigenvalue weighted by Gasteiger charge is 2.15. The molecule has 4 N–H and O–H groups in total. The fourth-order valence-electron chi connectivity index (χ4n) is 2.93. The minimum atomic E-state index is -0.277. The van der Waals surface area contributed by atoms with Crippen LogP contribution in [-0.4, -0.2) is 27.5 Å². The summed E-state index contributed by atoms with van der Waals surface area (Å²) in [7, 11) is 0. The highest BCUT2D eigenvalue weighted by atomic mass is 32.1. The molecule has 140 valence electrons. The predicted octanol–water partition coefficient (Wildman–Crippen LogP) is 4.14. The molecule has 0 atom stereocenters. The molecule has 3 aromatic heterocycles. The summed E-state index contributed by atoms with van der Waals surface area (Å²) in [5.41, 5.74) is 11.3. The van der Waals surface area contributed by atoms with E-state index in [1.807, 2.05) is 31.3 Å². The van der Waals surface area contributed by atoms with Gasteiger partial charge in [-0.25, -0.2) is 9.78 Å². The number of nitrogens with two attached hydrogens (primary N) is 1. The zero-order chi connectivity index (χ0) is 19.5. The zero-order valence-corrected chi connectivity index (χ0v) is 16.0. The van der Waals surface area contributed by atoms with Gasteiger partial charge in [-0.1, -0.05) is 17.4 Å². The van der Waals surface area contributed by atoms with Crippen LogP contribution in [0.15, 0.2) is 55.1 Å². The van der Waals surface area contributed by atoms with Gasteiger partial charge in [0, 0.05) is 53.7 Å².